The van der Waals surface area contributed by atoms with Crippen LogP contribution in [0.25, 0.3) is 0 Å². The van der Waals surface area contributed by atoms with Gasteiger partial charge in [0.2, 0.25) is 0 Å². The van der Waals surface area contributed by atoms with E-state index in [2.05, 4.69) is 0 Å². The van der Waals surface area contributed by atoms with Crippen molar-refractivity contribution in [2.45, 2.75) is 0 Å². The van der Waals surface area contributed by atoms with Gasteiger partial charge in [-0.25, -0.2) is 0 Å². The Morgan fingerprint density at radius 3 is 0.667 bits per heavy atom. The predicted molar refractivity (Wildman–Crippen MR) is 26.5 cm³/mol. The van der Waals surface area contributed by atoms with Crippen LogP contribution < -0.4 is 0 Å². The number of rotatable bonds is 0. The van der Waals surface area contributed by atoms with Crippen molar-refractivity contribution < 1.29 is 42.6 Å². The Hall–Kier alpha value is 3.17. The standard InChI is InChI=1S/K.Mg.3H2O.Zr.3H/h;;3*1H2;;;;. The van der Waals surface area contributed by atoms with E-state index in [9.17, 15) is 0 Å². The molecule has 0 saturated heterocycles. The summed E-state index contributed by atoms with van der Waals surface area (Å²) in [6.45, 7) is 0. The molecule has 0 aliphatic carbocycles. The Morgan fingerprint density at radius 1 is 0.667 bits per heavy atom. The molecule has 0 spiro atoms. The summed E-state index contributed by atoms with van der Waals surface area (Å²) >= 11 is 0. The first-order chi connectivity index (χ1) is 0. The summed E-state index contributed by atoms with van der Waals surface area (Å²) in [7, 11) is 0. The molecule has 0 heterocycles. The average molecular weight is 212 g/mol. The third kappa shape index (κ3) is 27.2. The van der Waals surface area contributed by atoms with Crippen LogP contribution in [0.4, 0.5) is 0 Å². The minimum absolute atomic E-state index is 0. The third-order valence-electron chi connectivity index (χ3n) is 0. The van der Waals surface area contributed by atoms with Gasteiger partial charge in [0.05, 0.1) is 0 Å². The van der Waals surface area contributed by atoms with Crippen LogP contribution in [-0.2, 0) is 26.2 Å². The van der Waals surface area contributed by atoms with E-state index in [1.807, 2.05) is 0 Å². The van der Waals surface area contributed by atoms with Crippen molar-refractivity contribution in [1.82, 2.24) is 0 Å². The van der Waals surface area contributed by atoms with Gasteiger partial charge in [-0.15, -0.1) is 0 Å². The molecule has 6 heavy (non-hydrogen) atoms. The topological polar surface area (TPSA) is 94.5 Å². The van der Waals surface area contributed by atoms with Crippen LogP contribution >= 0.6 is 0 Å². The molecule has 0 unspecified atom stereocenters. The zero-order valence-electron chi connectivity index (χ0n) is 2.00. The van der Waals surface area contributed by atoms with Gasteiger partial charge in [0.15, 0.2) is 0 Å². The van der Waals surface area contributed by atoms with Gasteiger partial charge in [0, 0.05) is 26.2 Å². The van der Waals surface area contributed by atoms with E-state index < -0.39 is 0 Å². The molecule has 34 valence electrons. The van der Waals surface area contributed by atoms with Gasteiger partial charge in [-0.1, -0.05) is 0 Å². The maximum atomic E-state index is 0. The fourth-order valence-corrected chi connectivity index (χ4v) is 0. The molecular formula is H9KMgO3Zr. The molecule has 0 aromatic heterocycles. The number of hydrogen-bond donors (Lipinski definition) is 0. The maximum absolute atomic E-state index is 0. The largest absolute Gasteiger partial charge is 0.316 e. The van der Waals surface area contributed by atoms with Crippen LogP contribution in [0.3, 0.4) is 0 Å². The Labute approximate surface area is 114 Å². The maximum Gasteiger partial charge on any atom is 0.316 e. The van der Waals surface area contributed by atoms with Crippen LogP contribution in [0.5, 0.6) is 0 Å². The van der Waals surface area contributed by atoms with Gasteiger partial charge >= 0.3 is 74.4 Å². The van der Waals surface area contributed by atoms with E-state index in [-0.39, 0.29) is 117 Å². The van der Waals surface area contributed by atoms with E-state index in [4.69, 9.17) is 0 Å². The van der Waals surface area contributed by atoms with E-state index in [1.54, 1.807) is 0 Å². The Morgan fingerprint density at radius 2 is 0.667 bits per heavy atom. The van der Waals surface area contributed by atoms with Crippen molar-refractivity contribution in [1.29, 1.82) is 0 Å². The summed E-state index contributed by atoms with van der Waals surface area (Å²) in [6, 6.07) is 0. The summed E-state index contributed by atoms with van der Waals surface area (Å²) in [5.74, 6) is 0. The molecular weight excluding hydrogens is 203 g/mol. The van der Waals surface area contributed by atoms with Crippen molar-refractivity contribution in [3.63, 3.8) is 0 Å². The van der Waals surface area contributed by atoms with Crippen LogP contribution in [0.15, 0.2) is 0 Å². The summed E-state index contributed by atoms with van der Waals surface area (Å²) in [6.07, 6.45) is 0. The molecule has 0 amide bonds. The van der Waals surface area contributed by atoms with Crippen LogP contribution in [-0.4, -0.2) is 90.9 Å². The summed E-state index contributed by atoms with van der Waals surface area (Å²) in [5.41, 5.74) is 0. The second-order valence-corrected chi connectivity index (χ2v) is 0. The monoisotopic (exact) mass is 210 g/mol. The molecule has 0 atom stereocenters. The van der Waals surface area contributed by atoms with Crippen LogP contribution in [0, 0.1) is 0 Å². The van der Waals surface area contributed by atoms with Gasteiger partial charge in [0.25, 0.3) is 0 Å². The number of hydrogen-bond acceptors (Lipinski definition) is 0. The smallest absolute Gasteiger partial charge is 0 e. The molecule has 0 saturated carbocycles. The Bertz CT molecular complexity index is 10.8. The van der Waals surface area contributed by atoms with Gasteiger partial charge in [-0.3, -0.25) is 0 Å². The zero-order chi connectivity index (χ0) is 0. The summed E-state index contributed by atoms with van der Waals surface area (Å²) < 4.78 is 0. The van der Waals surface area contributed by atoms with Crippen LogP contribution in [0.1, 0.15) is 0 Å². The van der Waals surface area contributed by atoms with Gasteiger partial charge in [-0.05, 0) is 0 Å². The molecule has 0 radical (unpaired) electrons. The molecule has 0 rings (SSSR count). The Kier molecular flexibility index (Phi) is 425. The fourth-order valence-electron chi connectivity index (χ4n) is 0. The van der Waals surface area contributed by atoms with Crippen molar-refractivity contribution in [2.24, 2.45) is 0 Å². The molecule has 3 nitrogen and oxygen atoms in total. The quantitative estimate of drug-likeness (QED) is 0.365. The normalized spacial score (nSPS) is 0. The molecule has 6 N–H and O–H groups in total. The van der Waals surface area contributed by atoms with E-state index in [0.29, 0.717) is 0 Å². The second kappa shape index (κ2) is 41.8. The molecule has 6 heteroatoms. The van der Waals surface area contributed by atoms with E-state index >= 15 is 0 Å². The van der Waals surface area contributed by atoms with Crippen molar-refractivity contribution in [3.8, 4) is 0 Å². The van der Waals surface area contributed by atoms with Crippen molar-refractivity contribution >= 4 is 74.4 Å². The first-order valence-electron chi connectivity index (χ1n) is 0. The van der Waals surface area contributed by atoms with Gasteiger partial charge in [0.1, 0.15) is 0 Å². The zero-order valence-corrected chi connectivity index (χ0v) is 4.46. The summed E-state index contributed by atoms with van der Waals surface area (Å²) in [4.78, 5) is 0. The molecule has 0 aliphatic rings. The van der Waals surface area contributed by atoms with Crippen molar-refractivity contribution in [3.05, 3.63) is 0 Å². The summed E-state index contributed by atoms with van der Waals surface area (Å²) in [5, 5.41) is 0. The molecule has 0 aromatic carbocycles. The Balaban J connectivity index is 0. The van der Waals surface area contributed by atoms with Crippen molar-refractivity contribution in [2.75, 3.05) is 0 Å². The minimum atomic E-state index is 0. The van der Waals surface area contributed by atoms with Crippen LogP contribution in [0.2, 0.25) is 0 Å². The molecule has 0 aliphatic heterocycles. The first kappa shape index (κ1) is 61.0. The average Bonchev–Trinajstić information content (AvgIpc) is 0. The molecule has 0 bridgehead atoms. The fraction of sp³-hybridized carbons (Fsp3) is 0. The second-order valence-electron chi connectivity index (χ2n) is 0. The SMILES string of the molecule is O.O.O.[KH].[MgH2].[Zr]. The van der Waals surface area contributed by atoms with Gasteiger partial charge < -0.3 is 16.4 Å². The van der Waals surface area contributed by atoms with E-state index in [1.165, 1.54) is 0 Å². The third-order valence-corrected chi connectivity index (χ3v) is 0. The minimum Gasteiger partial charge on any atom is 0 e. The predicted octanol–water partition coefficient (Wildman–Crippen LogP) is -4.04. The first-order valence-corrected chi connectivity index (χ1v) is 0. The van der Waals surface area contributed by atoms with E-state index in [0.717, 1.165) is 0 Å². The van der Waals surface area contributed by atoms with Gasteiger partial charge in [-0.2, -0.15) is 0 Å². The molecule has 0 aromatic rings. The molecule has 0 fully saturated rings.